The third kappa shape index (κ3) is 1.66. The van der Waals surface area contributed by atoms with E-state index in [0.29, 0.717) is 0 Å². The van der Waals surface area contributed by atoms with Crippen molar-refractivity contribution in [2.45, 2.75) is 11.9 Å². The summed E-state index contributed by atoms with van der Waals surface area (Å²) in [6, 6.07) is 5.75. The minimum absolute atomic E-state index is 0.0263. The molecule has 1 aliphatic rings. The Labute approximate surface area is 110 Å². The fourth-order valence-corrected chi connectivity index (χ4v) is 1.97. The molecule has 1 unspecified atom stereocenters. The largest absolute Gasteiger partial charge is 0.473 e. The summed E-state index contributed by atoms with van der Waals surface area (Å²) in [7, 11) is 0. The zero-order valence-corrected chi connectivity index (χ0v) is 9.99. The van der Waals surface area contributed by atoms with Crippen molar-refractivity contribution in [2.75, 3.05) is 0 Å². The van der Waals surface area contributed by atoms with Gasteiger partial charge in [-0.05, 0) is 12.1 Å². The molecule has 0 saturated heterocycles. The number of aromatic nitrogens is 2. The molecule has 0 amide bonds. The second-order valence-corrected chi connectivity index (χ2v) is 4.31. The number of ether oxygens (including phenoxy) is 2. The summed E-state index contributed by atoms with van der Waals surface area (Å²) in [6.45, 7) is 0. The first kappa shape index (κ1) is 12.2. The number of aliphatic hydroxyl groups is 1. The lowest BCUT2D eigenvalue weighted by molar-refractivity contribution is -0.378. The van der Waals surface area contributed by atoms with Gasteiger partial charge in [-0.1, -0.05) is 23.7 Å². The molecule has 0 fully saturated rings. The summed E-state index contributed by atoms with van der Waals surface area (Å²) in [4.78, 5) is 0. The Morgan fingerprint density at radius 1 is 1.21 bits per heavy atom. The van der Waals surface area contributed by atoms with Gasteiger partial charge in [0.1, 0.15) is 5.69 Å². The highest BCUT2D eigenvalue weighted by Crippen LogP contribution is 2.49. The SMILES string of the molecule is OC1(c2[nH]ncc2Cl)Oc2ccccc2OC1(F)F. The second kappa shape index (κ2) is 3.82. The molecule has 100 valence electrons. The third-order valence-electron chi connectivity index (χ3n) is 2.67. The van der Waals surface area contributed by atoms with E-state index < -0.39 is 17.6 Å². The summed E-state index contributed by atoms with van der Waals surface area (Å²) >= 11 is 5.69. The lowest BCUT2D eigenvalue weighted by Gasteiger charge is -2.38. The van der Waals surface area contributed by atoms with Crippen molar-refractivity contribution in [2.24, 2.45) is 0 Å². The van der Waals surface area contributed by atoms with Crippen LogP contribution in [0.2, 0.25) is 5.02 Å². The fourth-order valence-electron chi connectivity index (χ4n) is 1.75. The van der Waals surface area contributed by atoms with Gasteiger partial charge in [-0.25, -0.2) is 0 Å². The Kier molecular flexibility index (Phi) is 2.45. The topological polar surface area (TPSA) is 67.4 Å². The average Bonchev–Trinajstić information content (AvgIpc) is 2.77. The smallest absolute Gasteiger partial charge is 0.444 e. The standard InChI is InChI=1S/C11H7ClF2N2O3/c12-6-5-15-16-9(6)10(17)11(13,14)19-8-4-2-1-3-7(8)18-10/h1-5,17H,(H,15,16). The highest BCUT2D eigenvalue weighted by Gasteiger charge is 2.64. The molecule has 1 aromatic heterocycles. The molecule has 8 heteroatoms. The Balaban J connectivity index is 2.15. The maximum Gasteiger partial charge on any atom is 0.473 e. The Morgan fingerprint density at radius 2 is 1.84 bits per heavy atom. The highest BCUT2D eigenvalue weighted by molar-refractivity contribution is 6.31. The van der Waals surface area contributed by atoms with Crippen molar-refractivity contribution >= 4 is 11.6 Å². The van der Waals surface area contributed by atoms with Crippen molar-refractivity contribution < 1.29 is 23.4 Å². The number of H-pyrrole nitrogens is 1. The number of benzene rings is 1. The van der Waals surface area contributed by atoms with Gasteiger partial charge in [0.2, 0.25) is 0 Å². The summed E-state index contributed by atoms with van der Waals surface area (Å²) in [6.07, 6.45) is -2.95. The van der Waals surface area contributed by atoms with Crippen LogP contribution in [0.4, 0.5) is 8.78 Å². The number of nitrogens with one attached hydrogen (secondary N) is 1. The van der Waals surface area contributed by atoms with Gasteiger partial charge in [0.15, 0.2) is 11.5 Å². The van der Waals surface area contributed by atoms with Gasteiger partial charge < -0.3 is 14.6 Å². The van der Waals surface area contributed by atoms with Crippen molar-refractivity contribution in [3.05, 3.63) is 41.2 Å². The van der Waals surface area contributed by atoms with E-state index in [1.54, 1.807) is 6.07 Å². The number of fused-ring (bicyclic) bond motifs is 1. The van der Waals surface area contributed by atoms with Crippen LogP contribution in [0.1, 0.15) is 5.69 Å². The number of halogens is 3. The molecular formula is C11H7ClF2N2O3. The van der Waals surface area contributed by atoms with Gasteiger partial charge in [0, 0.05) is 0 Å². The molecule has 0 radical (unpaired) electrons. The molecule has 1 atom stereocenters. The number of hydrogen-bond donors (Lipinski definition) is 2. The summed E-state index contributed by atoms with van der Waals surface area (Å²) in [5.74, 6) is -3.27. The Morgan fingerprint density at radius 3 is 2.42 bits per heavy atom. The average molecular weight is 289 g/mol. The van der Waals surface area contributed by atoms with Crippen LogP contribution in [0.5, 0.6) is 11.5 Å². The van der Waals surface area contributed by atoms with Gasteiger partial charge in [-0.3, -0.25) is 5.10 Å². The normalized spacial score (nSPS) is 24.2. The van der Waals surface area contributed by atoms with Crippen LogP contribution < -0.4 is 9.47 Å². The Bertz CT molecular complexity index is 634. The van der Waals surface area contributed by atoms with Crippen molar-refractivity contribution in [1.29, 1.82) is 0 Å². The van der Waals surface area contributed by atoms with E-state index >= 15 is 0 Å². The van der Waals surface area contributed by atoms with E-state index in [1.165, 1.54) is 18.2 Å². The van der Waals surface area contributed by atoms with Gasteiger partial charge in [0.25, 0.3) is 0 Å². The van der Waals surface area contributed by atoms with E-state index in [2.05, 4.69) is 14.9 Å². The zero-order chi connectivity index (χ0) is 13.7. The van der Waals surface area contributed by atoms with Gasteiger partial charge in [-0.2, -0.15) is 13.9 Å². The molecule has 5 nitrogen and oxygen atoms in total. The van der Waals surface area contributed by atoms with Crippen molar-refractivity contribution in [3.63, 3.8) is 0 Å². The third-order valence-corrected chi connectivity index (χ3v) is 2.96. The number of alkyl halides is 2. The molecule has 3 rings (SSSR count). The molecule has 2 aromatic rings. The molecule has 2 N–H and O–H groups in total. The first-order valence-corrected chi connectivity index (χ1v) is 5.58. The first-order valence-electron chi connectivity index (χ1n) is 5.20. The maximum atomic E-state index is 14.0. The molecule has 1 aliphatic heterocycles. The minimum atomic E-state index is -4.03. The fraction of sp³-hybridized carbons (Fsp3) is 0.182. The lowest BCUT2D eigenvalue weighted by Crippen LogP contribution is -2.56. The number of aromatic amines is 1. The first-order chi connectivity index (χ1) is 8.94. The van der Waals surface area contributed by atoms with Crippen LogP contribution in [-0.4, -0.2) is 21.4 Å². The van der Waals surface area contributed by atoms with Gasteiger partial charge in [0.05, 0.1) is 11.2 Å². The van der Waals surface area contributed by atoms with Crippen LogP contribution >= 0.6 is 11.6 Å². The van der Waals surface area contributed by atoms with E-state index in [4.69, 9.17) is 16.3 Å². The maximum absolute atomic E-state index is 14.0. The van der Waals surface area contributed by atoms with E-state index in [9.17, 15) is 13.9 Å². The lowest BCUT2D eigenvalue weighted by atomic mass is 10.1. The predicted molar refractivity (Wildman–Crippen MR) is 60.1 cm³/mol. The van der Waals surface area contributed by atoms with Gasteiger partial charge in [-0.15, -0.1) is 0 Å². The minimum Gasteiger partial charge on any atom is -0.444 e. The van der Waals surface area contributed by atoms with E-state index in [-0.39, 0.29) is 16.5 Å². The quantitative estimate of drug-likeness (QED) is 0.845. The molecule has 0 spiro atoms. The molecule has 2 heterocycles. The van der Waals surface area contributed by atoms with Crippen LogP contribution in [0.3, 0.4) is 0 Å². The molecule has 19 heavy (non-hydrogen) atoms. The van der Waals surface area contributed by atoms with Crippen LogP contribution in [0.25, 0.3) is 0 Å². The number of para-hydroxylation sites is 2. The number of nitrogens with zero attached hydrogens (tertiary/aromatic N) is 1. The van der Waals surface area contributed by atoms with Crippen LogP contribution in [-0.2, 0) is 5.79 Å². The summed E-state index contributed by atoms with van der Waals surface area (Å²) in [5.41, 5.74) is -0.478. The predicted octanol–water partition coefficient (Wildman–Crippen LogP) is 2.27. The molecule has 0 aliphatic carbocycles. The van der Waals surface area contributed by atoms with E-state index in [1.807, 2.05) is 0 Å². The number of hydrogen-bond acceptors (Lipinski definition) is 4. The van der Waals surface area contributed by atoms with Gasteiger partial charge >= 0.3 is 11.9 Å². The van der Waals surface area contributed by atoms with Crippen molar-refractivity contribution in [1.82, 2.24) is 10.2 Å². The molecular weight excluding hydrogens is 282 g/mol. The summed E-state index contributed by atoms with van der Waals surface area (Å²) < 4.78 is 37.4. The van der Waals surface area contributed by atoms with Crippen molar-refractivity contribution in [3.8, 4) is 11.5 Å². The molecule has 0 bridgehead atoms. The second-order valence-electron chi connectivity index (χ2n) is 3.90. The Hall–Kier alpha value is -1.86. The van der Waals surface area contributed by atoms with Crippen LogP contribution in [0, 0.1) is 0 Å². The number of rotatable bonds is 1. The zero-order valence-electron chi connectivity index (χ0n) is 9.23. The molecule has 0 saturated carbocycles. The van der Waals surface area contributed by atoms with Crippen LogP contribution in [0.15, 0.2) is 30.5 Å². The molecule has 1 aromatic carbocycles. The summed E-state index contributed by atoms with van der Waals surface area (Å²) in [5, 5.41) is 15.6. The van der Waals surface area contributed by atoms with E-state index in [0.717, 1.165) is 6.20 Å². The highest BCUT2D eigenvalue weighted by atomic mass is 35.5. The monoisotopic (exact) mass is 288 g/mol.